The minimum absolute atomic E-state index is 0.156. The first-order valence-corrected chi connectivity index (χ1v) is 15.6. The van der Waals surface area contributed by atoms with Crippen LogP contribution in [0, 0.1) is 6.92 Å². The number of amides is 2. The smallest absolute Gasteiger partial charge is 0.244 e. The molecule has 1 N–H and O–H groups in total. The first kappa shape index (κ1) is 29.8. The van der Waals surface area contributed by atoms with E-state index >= 15 is 0 Å². The zero-order valence-electron chi connectivity index (χ0n) is 23.8. The van der Waals surface area contributed by atoms with Crippen LogP contribution in [0.4, 0.5) is 5.69 Å². The molecule has 4 rings (SSSR count). The monoisotopic (exact) mass is 571 g/mol. The van der Waals surface area contributed by atoms with Gasteiger partial charge >= 0.3 is 0 Å². The number of benzene rings is 4. The summed E-state index contributed by atoms with van der Waals surface area (Å²) in [6, 6.07) is 29.3. The molecule has 0 aliphatic heterocycles. The Morgan fingerprint density at radius 3 is 2.17 bits per heavy atom. The van der Waals surface area contributed by atoms with Crippen LogP contribution in [-0.2, 0) is 32.6 Å². The maximum atomic E-state index is 14.2. The molecule has 0 radical (unpaired) electrons. The Morgan fingerprint density at radius 1 is 0.829 bits per heavy atom. The predicted molar refractivity (Wildman–Crippen MR) is 165 cm³/mol. The number of nitrogens with one attached hydrogen (secondary N) is 1. The van der Waals surface area contributed by atoms with Crippen molar-refractivity contribution < 1.29 is 18.0 Å². The highest BCUT2D eigenvalue weighted by Gasteiger charge is 2.33. The zero-order valence-corrected chi connectivity index (χ0v) is 24.6. The van der Waals surface area contributed by atoms with Crippen LogP contribution >= 0.6 is 0 Å². The number of anilines is 1. The van der Waals surface area contributed by atoms with Crippen LogP contribution in [0.15, 0.2) is 97.1 Å². The van der Waals surface area contributed by atoms with Gasteiger partial charge in [-0.3, -0.25) is 13.9 Å². The van der Waals surface area contributed by atoms with E-state index in [4.69, 9.17) is 0 Å². The van der Waals surface area contributed by atoms with Gasteiger partial charge in [0.1, 0.15) is 12.6 Å². The van der Waals surface area contributed by atoms with Gasteiger partial charge in [0.15, 0.2) is 0 Å². The van der Waals surface area contributed by atoms with Crippen LogP contribution in [-0.4, -0.2) is 50.5 Å². The van der Waals surface area contributed by atoms with E-state index in [2.05, 4.69) is 5.32 Å². The minimum atomic E-state index is -3.85. The highest BCUT2D eigenvalue weighted by molar-refractivity contribution is 7.92. The fraction of sp³-hybridized carbons (Fsp3) is 0.273. The highest BCUT2D eigenvalue weighted by Crippen LogP contribution is 2.29. The molecule has 0 spiro atoms. The van der Waals surface area contributed by atoms with Gasteiger partial charge in [0.2, 0.25) is 21.8 Å². The normalized spacial score (nSPS) is 12.1. The summed E-state index contributed by atoms with van der Waals surface area (Å²) in [6.07, 6.45) is 2.14. The Kier molecular flexibility index (Phi) is 9.78. The van der Waals surface area contributed by atoms with Crippen molar-refractivity contribution in [2.24, 2.45) is 0 Å². The third-order valence-electron chi connectivity index (χ3n) is 7.01. The molecule has 41 heavy (non-hydrogen) atoms. The van der Waals surface area contributed by atoms with E-state index in [1.54, 1.807) is 12.1 Å². The number of hydrogen-bond donors (Lipinski definition) is 1. The van der Waals surface area contributed by atoms with E-state index in [-0.39, 0.29) is 12.5 Å². The molecule has 0 aromatic heterocycles. The Morgan fingerprint density at radius 2 is 1.49 bits per heavy atom. The summed E-state index contributed by atoms with van der Waals surface area (Å²) in [7, 11) is -3.85. The van der Waals surface area contributed by atoms with E-state index in [1.807, 2.05) is 98.8 Å². The van der Waals surface area contributed by atoms with Gasteiger partial charge in [-0.2, -0.15) is 0 Å². The van der Waals surface area contributed by atoms with Crippen LogP contribution in [0.5, 0.6) is 0 Å². The largest absolute Gasteiger partial charge is 0.354 e. The number of nitrogens with zero attached hydrogens (tertiary/aromatic N) is 2. The van der Waals surface area contributed by atoms with Gasteiger partial charge in [0.05, 0.1) is 11.9 Å². The lowest BCUT2D eigenvalue weighted by molar-refractivity contribution is -0.140. The van der Waals surface area contributed by atoms with Crippen molar-refractivity contribution in [1.82, 2.24) is 10.2 Å². The molecular formula is C33H37N3O4S. The molecule has 1 unspecified atom stereocenters. The number of fused-ring (bicyclic) bond motifs is 1. The number of rotatable bonds is 12. The summed E-state index contributed by atoms with van der Waals surface area (Å²) >= 11 is 0. The van der Waals surface area contributed by atoms with Crippen LogP contribution in [0.2, 0.25) is 0 Å². The van der Waals surface area contributed by atoms with Gasteiger partial charge in [-0.1, -0.05) is 103 Å². The molecule has 7 nitrogen and oxygen atoms in total. The molecule has 0 saturated carbocycles. The lowest BCUT2D eigenvalue weighted by Crippen LogP contribution is -2.53. The summed E-state index contributed by atoms with van der Waals surface area (Å²) in [6.45, 7) is 4.14. The third-order valence-corrected chi connectivity index (χ3v) is 8.13. The second kappa shape index (κ2) is 13.5. The van der Waals surface area contributed by atoms with E-state index < -0.39 is 28.5 Å². The van der Waals surface area contributed by atoms with Crippen LogP contribution in [0.1, 0.15) is 30.0 Å². The van der Waals surface area contributed by atoms with Crippen molar-refractivity contribution in [3.63, 3.8) is 0 Å². The van der Waals surface area contributed by atoms with E-state index in [0.29, 0.717) is 18.7 Å². The standard InChI is InChI=1S/C33H37N3O4S/c1-4-21-34-33(38)31(22-26-11-6-5-7-12-26)35(23-27-19-17-25(2)18-20-27)32(37)24-36(41(3,39)40)30-16-10-14-28-13-8-9-15-29(28)30/h5-20,31H,4,21-24H2,1-3H3,(H,34,38). The van der Waals surface area contributed by atoms with Crippen molar-refractivity contribution >= 4 is 38.3 Å². The molecule has 0 bridgehead atoms. The zero-order chi connectivity index (χ0) is 29.4. The average molecular weight is 572 g/mol. The Bertz CT molecular complexity index is 1580. The first-order valence-electron chi connectivity index (χ1n) is 13.8. The fourth-order valence-corrected chi connectivity index (χ4v) is 5.69. The maximum absolute atomic E-state index is 14.2. The summed E-state index contributed by atoms with van der Waals surface area (Å²) in [5.74, 6) is -0.733. The van der Waals surface area contributed by atoms with Gasteiger partial charge < -0.3 is 10.2 Å². The molecule has 8 heteroatoms. The molecular weight excluding hydrogens is 534 g/mol. The predicted octanol–water partition coefficient (Wildman–Crippen LogP) is 5.08. The topological polar surface area (TPSA) is 86.8 Å². The second-order valence-corrected chi connectivity index (χ2v) is 12.2. The van der Waals surface area contributed by atoms with Gasteiger partial charge in [0.25, 0.3) is 0 Å². The Balaban J connectivity index is 1.76. The molecule has 214 valence electrons. The molecule has 4 aromatic rings. The van der Waals surface area contributed by atoms with Gasteiger partial charge in [-0.25, -0.2) is 8.42 Å². The van der Waals surface area contributed by atoms with Crippen molar-refractivity contribution in [3.8, 4) is 0 Å². The van der Waals surface area contributed by atoms with E-state index in [9.17, 15) is 18.0 Å². The fourth-order valence-electron chi connectivity index (χ4n) is 4.83. The SMILES string of the molecule is CCCNC(=O)C(Cc1ccccc1)N(Cc1ccc(C)cc1)C(=O)CN(c1cccc2ccccc12)S(C)(=O)=O. The molecule has 4 aromatic carbocycles. The molecule has 2 amide bonds. The Labute approximate surface area is 242 Å². The van der Waals surface area contributed by atoms with Crippen LogP contribution < -0.4 is 9.62 Å². The van der Waals surface area contributed by atoms with Gasteiger partial charge in [0, 0.05) is 24.9 Å². The molecule has 0 heterocycles. The summed E-state index contributed by atoms with van der Waals surface area (Å²) < 4.78 is 27.4. The number of hydrogen-bond acceptors (Lipinski definition) is 4. The van der Waals surface area contributed by atoms with Gasteiger partial charge in [-0.15, -0.1) is 0 Å². The van der Waals surface area contributed by atoms with E-state index in [0.717, 1.165) is 44.4 Å². The highest BCUT2D eigenvalue weighted by atomic mass is 32.2. The molecule has 0 saturated heterocycles. The summed E-state index contributed by atoms with van der Waals surface area (Å²) in [4.78, 5) is 29.3. The van der Waals surface area contributed by atoms with Crippen molar-refractivity contribution in [2.75, 3.05) is 23.7 Å². The summed E-state index contributed by atoms with van der Waals surface area (Å²) in [5, 5.41) is 4.54. The lowest BCUT2D eigenvalue weighted by Gasteiger charge is -2.33. The minimum Gasteiger partial charge on any atom is -0.354 e. The second-order valence-electron chi connectivity index (χ2n) is 10.3. The van der Waals surface area contributed by atoms with Crippen LogP contribution in [0.3, 0.4) is 0 Å². The first-order chi connectivity index (χ1) is 19.7. The van der Waals surface area contributed by atoms with Crippen molar-refractivity contribution in [2.45, 2.75) is 39.3 Å². The van der Waals surface area contributed by atoms with Gasteiger partial charge in [-0.05, 0) is 35.9 Å². The molecule has 0 fully saturated rings. The number of carbonyl (C=O) groups is 2. The number of aryl methyl sites for hydroxylation is 1. The maximum Gasteiger partial charge on any atom is 0.244 e. The molecule has 0 aliphatic rings. The lowest BCUT2D eigenvalue weighted by atomic mass is 10.0. The Hall–Kier alpha value is -4.17. The van der Waals surface area contributed by atoms with E-state index in [1.165, 1.54) is 4.90 Å². The molecule has 0 aliphatic carbocycles. The quantitative estimate of drug-likeness (QED) is 0.257. The number of sulfonamides is 1. The molecule has 1 atom stereocenters. The summed E-state index contributed by atoms with van der Waals surface area (Å²) in [5.41, 5.74) is 3.25. The van der Waals surface area contributed by atoms with Crippen LogP contribution in [0.25, 0.3) is 10.8 Å². The van der Waals surface area contributed by atoms with Crippen molar-refractivity contribution in [3.05, 3.63) is 114 Å². The average Bonchev–Trinajstić information content (AvgIpc) is 2.97. The van der Waals surface area contributed by atoms with Crippen molar-refractivity contribution in [1.29, 1.82) is 0 Å². The number of carbonyl (C=O) groups excluding carboxylic acids is 2. The third kappa shape index (κ3) is 7.73.